The molecule has 2 amide bonds. The number of nitrogens with one attached hydrogen (secondary N) is 2. The number of sulfonamides is 1. The first-order valence-electron chi connectivity index (χ1n) is 7.82. The van der Waals surface area contributed by atoms with Gasteiger partial charge in [0.2, 0.25) is 0 Å². The zero-order chi connectivity index (χ0) is 19.6. The van der Waals surface area contributed by atoms with Gasteiger partial charge in [0.05, 0.1) is 17.7 Å². The molecular weight excluding hydrogens is 374 g/mol. The second-order valence-electron chi connectivity index (χ2n) is 5.62. The van der Waals surface area contributed by atoms with Crippen molar-refractivity contribution in [2.75, 3.05) is 31.4 Å². The molecule has 0 atom stereocenters. The highest BCUT2D eigenvalue weighted by atomic mass is 32.2. The van der Waals surface area contributed by atoms with Crippen molar-refractivity contribution in [2.24, 2.45) is 0 Å². The number of fused-ring (bicyclic) bond motifs is 1. The number of amides is 2. The van der Waals surface area contributed by atoms with Gasteiger partial charge in [-0.1, -0.05) is 4.47 Å². The van der Waals surface area contributed by atoms with Crippen molar-refractivity contribution < 1.29 is 27.6 Å². The Kier molecular flexibility index (Phi) is 5.13. The fraction of sp³-hybridized carbons (Fsp3) is 0.176. The molecular formula is C17H17N3O6S. The van der Waals surface area contributed by atoms with Crippen LogP contribution in [0.2, 0.25) is 0 Å². The lowest BCUT2D eigenvalue weighted by Crippen LogP contribution is -2.26. The van der Waals surface area contributed by atoms with Crippen molar-refractivity contribution in [1.29, 1.82) is 0 Å². The molecule has 0 saturated carbocycles. The van der Waals surface area contributed by atoms with Crippen LogP contribution in [0.5, 0.6) is 5.75 Å². The normalized spacial score (nSPS) is 13.5. The van der Waals surface area contributed by atoms with E-state index in [0.717, 1.165) is 4.47 Å². The third kappa shape index (κ3) is 3.92. The molecule has 1 aliphatic rings. The summed E-state index contributed by atoms with van der Waals surface area (Å²) < 4.78 is 30.3. The van der Waals surface area contributed by atoms with Gasteiger partial charge in [-0.2, -0.15) is 0 Å². The van der Waals surface area contributed by atoms with Crippen LogP contribution in [-0.2, 0) is 19.7 Å². The Morgan fingerprint density at radius 3 is 2.59 bits per heavy atom. The molecule has 10 heteroatoms. The molecule has 2 N–H and O–H groups in total. The van der Waals surface area contributed by atoms with Crippen molar-refractivity contribution in [3.63, 3.8) is 0 Å². The summed E-state index contributed by atoms with van der Waals surface area (Å²) >= 11 is 0. The van der Waals surface area contributed by atoms with Gasteiger partial charge in [0.15, 0.2) is 6.61 Å². The summed E-state index contributed by atoms with van der Waals surface area (Å²) in [4.78, 5) is 28.5. The predicted octanol–water partition coefficient (Wildman–Crippen LogP) is 1.45. The van der Waals surface area contributed by atoms with Crippen LogP contribution in [-0.4, -0.2) is 45.5 Å². The maximum Gasteiger partial charge on any atom is 0.264 e. The monoisotopic (exact) mass is 391 g/mol. The Morgan fingerprint density at radius 2 is 1.93 bits per heavy atom. The van der Waals surface area contributed by atoms with Gasteiger partial charge in [-0.25, -0.2) is 8.42 Å². The molecule has 1 aliphatic heterocycles. The highest BCUT2D eigenvalue weighted by Gasteiger charge is 2.21. The van der Waals surface area contributed by atoms with Crippen LogP contribution >= 0.6 is 0 Å². The zero-order valence-corrected chi connectivity index (χ0v) is 15.4. The van der Waals surface area contributed by atoms with Crippen LogP contribution in [0.15, 0.2) is 47.4 Å². The minimum Gasteiger partial charge on any atom is -0.482 e. The van der Waals surface area contributed by atoms with E-state index in [-0.39, 0.29) is 23.0 Å². The fourth-order valence-electron chi connectivity index (χ4n) is 2.39. The summed E-state index contributed by atoms with van der Waals surface area (Å²) in [5.74, 6) is -0.185. The molecule has 0 radical (unpaired) electrons. The van der Waals surface area contributed by atoms with Crippen molar-refractivity contribution in [2.45, 2.75) is 4.90 Å². The summed E-state index contributed by atoms with van der Waals surface area (Å²) in [6.45, 7) is -0.0494. The van der Waals surface area contributed by atoms with Crippen molar-refractivity contribution in [3.8, 4) is 5.75 Å². The van der Waals surface area contributed by atoms with E-state index < -0.39 is 15.9 Å². The van der Waals surface area contributed by atoms with Gasteiger partial charge < -0.3 is 15.4 Å². The maximum absolute atomic E-state index is 12.4. The van der Waals surface area contributed by atoms with Gasteiger partial charge in [-0.15, -0.1) is 0 Å². The van der Waals surface area contributed by atoms with E-state index in [9.17, 15) is 18.0 Å². The highest BCUT2D eigenvalue weighted by Crippen LogP contribution is 2.30. The Balaban J connectivity index is 1.75. The summed E-state index contributed by atoms with van der Waals surface area (Å²) in [5.41, 5.74) is 1.19. The first-order chi connectivity index (χ1) is 12.8. The first kappa shape index (κ1) is 18.8. The van der Waals surface area contributed by atoms with E-state index >= 15 is 0 Å². The number of hydrogen-bond acceptors (Lipinski definition) is 6. The lowest BCUT2D eigenvalue weighted by Gasteiger charge is -2.18. The SMILES string of the molecule is CON(C)S(=O)(=O)c1ccc(C(=O)Nc2ccc3c(c2)NC(=O)CO3)cc1. The highest BCUT2D eigenvalue weighted by molar-refractivity contribution is 7.89. The van der Waals surface area contributed by atoms with Gasteiger partial charge in [0.1, 0.15) is 5.75 Å². The molecule has 142 valence electrons. The van der Waals surface area contributed by atoms with Crippen LogP contribution in [0.4, 0.5) is 11.4 Å². The lowest BCUT2D eigenvalue weighted by atomic mass is 10.2. The zero-order valence-electron chi connectivity index (χ0n) is 14.6. The molecule has 0 fully saturated rings. The van der Waals surface area contributed by atoms with Crippen molar-refractivity contribution >= 4 is 33.2 Å². The Hall–Kier alpha value is -2.95. The Morgan fingerprint density at radius 1 is 1.22 bits per heavy atom. The minimum atomic E-state index is -3.78. The molecule has 2 aromatic rings. The summed E-state index contributed by atoms with van der Waals surface area (Å²) in [7, 11) is -1.27. The molecule has 0 unspecified atom stereocenters. The molecule has 0 aliphatic carbocycles. The Labute approximate surface area is 155 Å². The smallest absolute Gasteiger partial charge is 0.264 e. The molecule has 27 heavy (non-hydrogen) atoms. The molecule has 1 heterocycles. The van der Waals surface area contributed by atoms with Gasteiger partial charge in [-0.05, 0) is 42.5 Å². The molecule has 0 aromatic heterocycles. The number of nitrogens with zero attached hydrogens (tertiary/aromatic N) is 1. The van der Waals surface area contributed by atoms with Crippen LogP contribution in [0.1, 0.15) is 10.4 Å². The maximum atomic E-state index is 12.4. The summed E-state index contributed by atoms with van der Waals surface area (Å²) in [6, 6.07) is 10.3. The molecule has 3 rings (SSSR count). The average molecular weight is 391 g/mol. The summed E-state index contributed by atoms with van der Waals surface area (Å²) in [5, 5.41) is 5.34. The van der Waals surface area contributed by atoms with E-state index in [0.29, 0.717) is 17.1 Å². The number of rotatable bonds is 5. The van der Waals surface area contributed by atoms with Gasteiger partial charge in [0, 0.05) is 18.3 Å². The topological polar surface area (TPSA) is 114 Å². The number of carbonyl (C=O) groups is 2. The molecule has 0 saturated heterocycles. The van der Waals surface area contributed by atoms with Crippen molar-refractivity contribution in [3.05, 3.63) is 48.0 Å². The average Bonchev–Trinajstić information content (AvgIpc) is 2.67. The number of benzene rings is 2. The fourth-order valence-corrected chi connectivity index (χ4v) is 3.36. The number of anilines is 2. The minimum absolute atomic E-state index is 0.00274. The summed E-state index contributed by atoms with van der Waals surface area (Å²) in [6.07, 6.45) is 0. The van der Waals surface area contributed by atoms with E-state index in [4.69, 9.17) is 9.57 Å². The van der Waals surface area contributed by atoms with E-state index in [2.05, 4.69) is 10.6 Å². The molecule has 9 nitrogen and oxygen atoms in total. The number of ether oxygens (including phenoxy) is 1. The van der Waals surface area contributed by atoms with Gasteiger partial charge >= 0.3 is 0 Å². The molecule has 0 bridgehead atoms. The number of carbonyl (C=O) groups excluding carboxylic acids is 2. The second kappa shape index (κ2) is 7.35. The number of hydrogen-bond donors (Lipinski definition) is 2. The van der Waals surface area contributed by atoms with E-state index in [1.54, 1.807) is 18.2 Å². The number of hydroxylamine groups is 1. The Bertz CT molecular complexity index is 988. The van der Waals surface area contributed by atoms with E-state index in [1.807, 2.05) is 0 Å². The second-order valence-corrected chi connectivity index (χ2v) is 7.56. The van der Waals surface area contributed by atoms with Crippen LogP contribution in [0, 0.1) is 0 Å². The molecule has 0 spiro atoms. The van der Waals surface area contributed by atoms with Gasteiger partial charge in [-0.3, -0.25) is 14.4 Å². The van der Waals surface area contributed by atoms with E-state index in [1.165, 1.54) is 38.4 Å². The predicted molar refractivity (Wildman–Crippen MR) is 96.9 cm³/mol. The van der Waals surface area contributed by atoms with Crippen molar-refractivity contribution in [1.82, 2.24) is 4.47 Å². The van der Waals surface area contributed by atoms with Crippen LogP contribution < -0.4 is 15.4 Å². The third-order valence-corrected chi connectivity index (χ3v) is 5.57. The molecule has 2 aromatic carbocycles. The first-order valence-corrected chi connectivity index (χ1v) is 9.26. The van der Waals surface area contributed by atoms with Crippen LogP contribution in [0.3, 0.4) is 0 Å². The van der Waals surface area contributed by atoms with Gasteiger partial charge in [0.25, 0.3) is 21.8 Å². The van der Waals surface area contributed by atoms with Crippen LogP contribution in [0.25, 0.3) is 0 Å². The standard InChI is InChI=1S/C17H17N3O6S/c1-20(25-2)27(23,24)13-6-3-11(4-7-13)17(22)18-12-5-8-15-14(9-12)19-16(21)10-26-15/h3-9H,10H2,1-2H3,(H,18,22)(H,19,21). The lowest BCUT2D eigenvalue weighted by molar-refractivity contribution is -0.118. The quantitative estimate of drug-likeness (QED) is 0.746. The largest absolute Gasteiger partial charge is 0.482 e. The third-order valence-electron chi connectivity index (χ3n) is 3.88.